The summed E-state index contributed by atoms with van der Waals surface area (Å²) in [5, 5.41) is 8.92. The highest BCUT2D eigenvalue weighted by Crippen LogP contribution is 2.30. The van der Waals surface area contributed by atoms with Crippen molar-refractivity contribution < 1.29 is 9.53 Å². The Hall–Kier alpha value is -2.41. The molecule has 7 heteroatoms. The van der Waals surface area contributed by atoms with Gasteiger partial charge in [-0.05, 0) is 45.0 Å². The van der Waals surface area contributed by atoms with Crippen LogP contribution in [0, 0.1) is 6.92 Å². The van der Waals surface area contributed by atoms with E-state index in [9.17, 15) is 4.79 Å². The minimum absolute atomic E-state index is 0.0220. The van der Waals surface area contributed by atoms with Crippen molar-refractivity contribution in [3.05, 3.63) is 41.0 Å². The van der Waals surface area contributed by atoms with Gasteiger partial charge in [-0.3, -0.25) is 9.69 Å². The van der Waals surface area contributed by atoms with Crippen molar-refractivity contribution in [2.75, 3.05) is 33.8 Å². The van der Waals surface area contributed by atoms with E-state index in [0.29, 0.717) is 30.4 Å². The van der Waals surface area contributed by atoms with Crippen LogP contribution >= 0.6 is 0 Å². The van der Waals surface area contributed by atoms with Gasteiger partial charge in [0, 0.05) is 26.1 Å². The zero-order chi connectivity index (χ0) is 19.0. The molecule has 0 N–H and O–H groups in total. The van der Waals surface area contributed by atoms with Crippen molar-refractivity contribution in [1.29, 1.82) is 0 Å². The molecule has 7 nitrogen and oxygen atoms in total. The number of ether oxygens (including phenoxy) is 1. The normalized spacial score (nSPS) is 20.4. The fraction of sp³-hybridized carbons (Fsp3) is 0.550. The van der Waals surface area contributed by atoms with E-state index in [1.54, 1.807) is 7.11 Å². The van der Waals surface area contributed by atoms with E-state index >= 15 is 0 Å². The van der Waals surface area contributed by atoms with Crippen LogP contribution in [0.3, 0.4) is 0 Å². The number of fused-ring (bicyclic) bond motifs is 1. The van der Waals surface area contributed by atoms with E-state index in [1.165, 1.54) is 6.42 Å². The van der Waals surface area contributed by atoms with Crippen LogP contribution in [0.25, 0.3) is 0 Å². The van der Waals surface area contributed by atoms with Gasteiger partial charge in [-0.1, -0.05) is 12.1 Å². The minimum Gasteiger partial charge on any atom is -0.496 e. The summed E-state index contributed by atoms with van der Waals surface area (Å²) in [6, 6.07) is 6.05. The highest BCUT2D eigenvalue weighted by Gasteiger charge is 2.30. The Morgan fingerprint density at radius 2 is 2.04 bits per heavy atom. The topological polar surface area (TPSA) is 63.5 Å². The summed E-state index contributed by atoms with van der Waals surface area (Å²) in [7, 11) is 3.77. The molecule has 1 aromatic heterocycles. The Balaban J connectivity index is 1.55. The summed E-state index contributed by atoms with van der Waals surface area (Å²) >= 11 is 0. The second kappa shape index (κ2) is 7.31. The van der Waals surface area contributed by atoms with Gasteiger partial charge >= 0.3 is 0 Å². The largest absolute Gasteiger partial charge is 0.496 e. The fourth-order valence-corrected chi connectivity index (χ4v) is 4.29. The Bertz CT molecular complexity index is 847. The number of rotatable bonds is 3. The smallest absolute Gasteiger partial charge is 0.257 e. The number of para-hydroxylation sites is 1. The molecule has 1 aromatic carbocycles. The lowest BCUT2D eigenvalue weighted by Crippen LogP contribution is -2.34. The second-order valence-corrected chi connectivity index (χ2v) is 7.46. The van der Waals surface area contributed by atoms with E-state index in [-0.39, 0.29) is 5.91 Å². The third-order valence-corrected chi connectivity index (χ3v) is 5.81. The van der Waals surface area contributed by atoms with E-state index in [4.69, 9.17) is 4.74 Å². The predicted molar refractivity (Wildman–Crippen MR) is 102 cm³/mol. The maximum absolute atomic E-state index is 13.1. The molecule has 2 aliphatic heterocycles. The molecule has 1 atom stereocenters. The summed E-state index contributed by atoms with van der Waals surface area (Å²) in [4.78, 5) is 17.4. The SMILES string of the molecule is COc1c(C)cccc1C(=O)N1CCc2nnc([C@@H]3CCCN3C)n2CC1. The molecule has 0 radical (unpaired) electrons. The van der Waals surface area contributed by atoms with Crippen molar-refractivity contribution in [1.82, 2.24) is 24.6 Å². The molecule has 1 fully saturated rings. The number of carbonyl (C=O) groups excluding carboxylic acids is 1. The lowest BCUT2D eigenvalue weighted by atomic mass is 10.1. The zero-order valence-corrected chi connectivity index (χ0v) is 16.3. The van der Waals surface area contributed by atoms with E-state index in [0.717, 1.165) is 43.1 Å². The number of aromatic nitrogens is 3. The van der Waals surface area contributed by atoms with Gasteiger partial charge in [-0.2, -0.15) is 0 Å². The molecule has 27 heavy (non-hydrogen) atoms. The second-order valence-electron chi connectivity index (χ2n) is 7.46. The number of benzene rings is 1. The summed E-state index contributed by atoms with van der Waals surface area (Å²) < 4.78 is 7.71. The number of hydrogen-bond donors (Lipinski definition) is 0. The monoisotopic (exact) mass is 369 g/mol. The van der Waals surface area contributed by atoms with Crippen LogP contribution in [0.4, 0.5) is 0 Å². The lowest BCUT2D eigenvalue weighted by Gasteiger charge is -2.23. The van der Waals surface area contributed by atoms with Crippen LogP contribution in [-0.4, -0.2) is 64.3 Å². The Morgan fingerprint density at radius 3 is 2.78 bits per heavy atom. The molecule has 3 heterocycles. The average Bonchev–Trinajstić information content (AvgIpc) is 3.20. The number of likely N-dealkylation sites (tertiary alicyclic amines) is 1. The highest BCUT2D eigenvalue weighted by molar-refractivity contribution is 5.97. The lowest BCUT2D eigenvalue weighted by molar-refractivity contribution is 0.0755. The molecule has 0 bridgehead atoms. The van der Waals surface area contributed by atoms with Crippen LogP contribution in [0.5, 0.6) is 5.75 Å². The molecule has 1 saturated heterocycles. The van der Waals surface area contributed by atoms with Crippen molar-refractivity contribution in [3.8, 4) is 5.75 Å². The molecule has 0 saturated carbocycles. The molecular formula is C20H27N5O2. The molecule has 0 unspecified atom stereocenters. The molecule has 1 amide bonds. The Kier molecular flexibility index (Phi) is 4.86. The van der Waals surface area contributed by atoms with E-state index < -0.39 is 0 Å². The summed E-state index contributed by atoms with van der Waals surface area (Å²) in [6.07, 6.45) is 3.04. The molecule has 2 aromatic rings. The van der Waals surface area contributed by atoms with Crippen molar-refractivity contribution in [2.24, 2.45) is 0 Å². The van der Waals surface area contributed by atoms with Crippen molar-refractivity contribution in [3.63, 3.8) is 0 Å². The molecule has 4 rings (SSSR count). The van der Waals surface area contributed by atoms with Crippen LogP contribution in [-0.2, 0) is 13.0 Å². The summed E-state index contributed by atoms with van der Waals surface area (Å²) in [5.74, 6) is 2.72. The van der Waals surface area contributed by atoms with Crippen LogP contribution in [0.2, 0.25) is 0 Å². The van der Waals surface area contributed by atoms with Gasteiger partial charge < -0.3 is 14.2 Å². The molecule has 144 valence electrons. The maximum Gasteiger partial charge on any atom is 0.257 e. The summed E-state index contributed by atoms with van der Waals surface area (Å²) in [5.41, 5.74) is 1.60. The first-order chi connectivity index (χ1) is 13.1. The van der Waals surface area contributed by atoms with Gasteiger partial charge in [0.2, 0.25) is 0 Å². The average molecular weight is 369 g/mol. The predicted octanol–water partition coefficient (Wildman–Crippen LogP) is 2.06. The number of aryl methyl sites for hydroxylation is 1. The fourth-order valence-electron chi connectivity index (χ4n) is 4.29. The zero-order valence-electron chi connectivity index (χ0n) is 16.3. The van der Waals surface area contributed by atoms with Gasteiger partial charge in [0.25, 0.3) is 5.91 Å². The van der Waals surface area contributed by atoms with E-state index in [2.05, 4.69) is 26.7 Å². The number of amides is 1. The van der Waals surface area contributed by atoms with Crippen LogP contribution in [0.1, 0.15) is 46.5 Å². The number of nitrogens with zero attached hydrogens (tertiary/aromatic N) is 5. The third-order valence-electron chi connectivity index (χ3n) is 5.81. The molecule has 0 spiro atoms. The molecule has 2 aliphatic rings. The number of carbonyl (C=O) groups is 1. The molecule has 0 aliphatic carbocycles. The van der Waals surface area contributed by atoms with Gasteiger partial charge in [-0.25, -0.2) is 0 Å². The third kappa shape index (κ3) is 3.20. The first-order valence-electron chi connectivity index (χ1n) is 9.65. The van der Waals surface area contributed by atoms with E-state index in [1.807, 2.05) is 30.0 Å². The quantitative estimate of drug-likeness (QED) is 0.829. The Morgan fingerprint density at radius 1 is 1.19 bits per heavy atom. The standard InChI is InChI=1S/C20H27N5O2/c1-14-6-4-7-15(18(14)27-3)20(26)24-11-9-17-21-22-19(25(17)13-12-24)16-8-5-10-23(16)2/h4,6-7,16H,5,8-13H2,1-3H3/t16-/m0/s1. The van der Waals surface area contributed by atoms with Crippen molar-refractivity contribution >= 4 is 5.91 Å². The summed E-state index contributed by atoms with van der Waals surface area (Å²) in [6.45, 7) is 5.11. The van der Waals surface area contributed by atoms with Crippen LogP contribution < -0.4 is 4.74 Å². The molecular weight excluding hydrogens is 342 g/mol. The first-order valence-corrected chi connectivity index (χ1v) is 9.65. The number of methoxy groups -OCH3 is 1. The van der Waals surface area contributed by atoms with Crippen LogP contribution in [0.15, 0.2) is 18.2 Å². The van der Waals surface area contributed by atoms with Crippen molar-refractivity contribution in [2.45, 2.75) is 38.8 Å². The van der Waals surface area contributed by atoms with Gasteiger partial charge in [0.05, 0.1) is 18.7 Å². The minimum atomic E-state index is 0.0220. The maximum atomic E-state index is 13.1. The van der Waals surface area contributed by atoms with Gasteiger partial charge in [-0.15, -0.1) is 10.2 Å². The Labute approximate surface area is 159 Å². The van der Waals surface area contributed by atoms with Gasteiger partial charge in [0.1, 0.15) is 17.4 Å². The first kappa shape index (κ1) is 18.0. The number of hydrogen-bond acceptors (Lipinski definition) is 5. The van der Waals surface area contributed by atoms with Gasteiger partial charge in [0.15, 0.2) is 0 Å². The highest BCUT2D eigenvalue weighted by atomic mass is 16.5.